The van der Waals surface area contributed by atoms with Crippen molar-refractivity contribution >= 4 is 38.4 Å². The van der Waals surface area contributed by atoms with Crippen LogP contribution in [0.5, 0.6) is 0 Å². The van der Waals surface area contributed by atoms with Crippen LogP contribution in [0.2, 0.25) is 0 Å². The van der Waals surface area contributed by atoms with Gasteiger partial charge in [0.1, 0.15) is 40.7 Å². The number of aryl methyl sites for hydroxylation is 1. The Balaban J connectivity index is 1.77. The Morgan fingerprint density at radius 2 is 1.94 bits per heavy atom. The monoisotopic (exact) mass is 459 g/mol. The summed E-state index contributed by atoms with van der Waals surface area (Å²) in [4.78, 5) is 19.9. The molecule has 3 N–H and O–H groups in total. The molecule has 0 fully saturated rings. The molecule has 0 saturated heterocycles. The van der Waals surface area contributed by atoms with Gasteiger partial charge in [-0.3, -0.25) is 4.72 Å². The van der Waals surface area contributed by atoms with Gasteiger partial charge in [0.05, 0.1) is 11.4 Å². The molecule has 0 aliphatic rings. The minimum absolute atomic E-state index is 0.117. The molecule has 0 unspecified atom stereocenters. The second kappa shape index (κ2) is 8.46. The van der Waals surface area contributed by atoms with Gasteiger partial charge < -0.3 is 10.3 Å². The van der Waals surface area contributed by atoms with Crippen molar-refractivity contribution in [2.45, 2.75) is 20.3 Å². The Morgan fingerprint density at radius 3 is 2.72 bits per heavy atom. The van der Waals surface area contributed by atoms with Gasteiger partial charge in [-0.2, -0.15) is 0 Å². The normalized spacial score (nSPS) is 11.6. The highest BCUT2D eigenvalue weighted by molar-refractivity contribution is 7.92. The molecule has 1 aromatic carbocycles. The van der Waals surface area contributed by atoms with Gasteiger partial charge in [-0.1, -0.05) is 6.92 Å². The molecule has 0 saturated carbocycles. The fourth-order valence-corrected chi connectivity index (χ4v) is 4.33. The van der Waals surface area contributed by atoms with Crippen molar-refractivity contribution in [1.29, 1.82) is 0 Å². The minimum atomic E-state index is -3.77. The number of rotatable bonds is 7. The zero-order chi connectivity index (χ0) is 22.9. The highest BCUT2D eigenvalue weighted by atomic mass is 32.2. The third-order valence-electron chi connectivity index (χ3n) is 4.54. The molecule has 0 bridgehead atoms. The first-order valence-electron chi connectivity index (χ1n) is 9.67. The molecular weight excluding hydrogens is 440 g/mol. The number of halogens is 2. The zero-order valence-corrected chi connectivity index (χ0v) is 18.0. The number of aromatic nitrogens is 5. The molecule has 0 radical (unpaired) electrons. The van der Waals surface area contributed by atoms with E-state index >= 15 is 4.39 Å². The van der Waals surface area contributed by atoms with Crippen molar-refractivity contribution in [3.8, 4) is 11.3 Å². The quantitative estimate of drug-likeness (QED) is 0.383. The number of imidazole rings is 1. The van der Waals surface area contributed by atoms with Crippen molar-refractivity contribution in [1.82, 2.24) is 24.9 Å². The number of pyridine rings is 1. The minimum Gasteiger partial charge on any atom is -0.339 e. The molecule has 0 atom stereocenters. The van der Waals surface area contributed by atoms with Crippen molar-refractivity contribution in [2.75, 3.05) is 15.8 Å². The predicted octanol–water partition coefficient (Wildman–Crippen LogP) is 3.90. The molecular formula is C20H19F2N7O2S. The van der Waals surface area contributed by atoms with Gasteiger partial charge in [-0.05, 0) is 37.6 Å². The van der Waals surface area contributed by atoms with Crippen LogP contribution in [0.1, 0.15) is 19.2 Å². The number of hydrogen-bond donors (Lipinski definition) is 3. The third-order valence-corrected chi connectivity index (χ3v) is 6.02. The van der Waals surface area contributed by atoms with Crippen LogP contribution in [0.15, 0.2) is 36.8 Å². The maximum Gasteiger partial charge on any atom is 0.232 e. The lowest BCUT2D eigenvalue weighted by molar-refractivity contribution is 0.588. The van der Waals surface area contributed by atoms with Crippen LogP contribution in [0.4, 0.5) is 26.0 Å². The van der Waals surface area contributed by atoms with Crippen molar-refractivity contribution in [2.24, 2.45) is 0 Å². The second-order valence-corrected chi connectivity index (χ2v) is 8.81. The van der Waals surface area contributed by atoms with E-state index in [9.17, 15) is 12.8 Å². The van der Waals surface area contributed by atoms with Gasteiger partial charge in [0.25, 0.3) is 0 Å². The number of benzene rings is 1. The topological polar surface area (TPSA) is 126 Å². The highest BCUT2D eigenvalue weighted by Gasteiger charge is 2.21. The third kappa shape index (κ3) is 4.21. The Bertz CT molecular complexity index is 1410. The molecule has 166 valence electrons. The van der Waals surface area contributed by atoms with Gasteiger partial charge in [0, 0.05) is 11.8 Å². The first-order chi connectivity index (χ1) is 15.3. The SMILES string of the molecule is CCCS(=O)(=O)Nc1ccc(F)c(Nc2ncccc2-c2ncnc3nc(C)[nH]c23)c1F. The van der Waals surface area contributed by atoms with Gasteiger partial charge in [0.2, 0.25) is 10.0 Å². The van der Waals surface area contributed by atoms with E-state index in [1.165, 1.54) is 12.5 Å². The maximum absolute atomic E-state index is 15.1. The lowest BCUT2D eigenvalue weighted by Crippen LogP contribution is -2.17. The zero-order valence-electron chi connectivity index (χ0n) is 17.1. The number of nitrogens with zero attached hydrogens (tertiary/aromatic N) is 4. The fraction of sp³-hybridized carbons (Fsp3) is 0.200. The number of aromatic amines is 1. The molecule has 0 aliphatic heterocycles. The summed E-state index contributed by atoms with van der Waals surface area (Å²) >= 11 is 0. The molecule has 4 aromatic rings. The van der Waals surface area contributed by atoms with Gasteiger partial charge >= 0.3 is 0 Å². The summed E-state index contributed by atoms with van der Waals surface area (Å²) in [5, 5.41) is 2.65. The summed E-state index contributed by atoms with van der Waals surface area (Å²) in [7, 11) is -3.77. The summed E-state index contributed by atoms with van der Waals surface area (Å²) in [5.74, 6) is -1.45. The number of fused-ring (bicyclic) bond motifs is 1. The van der Waals surface area contributed by atoms with Crippen LogP contribution in [0, 0.1) is 18.6 Å². The van der Waals surface area contributed by atoms with Crippen LogP contribution >= 0.6 is 0 Å². The average Bonchev–Trinajstić information content (AvgIpc) is 3.14. The van der Waals surface area contributed by atoms with Crippen LogP contribution in [0.25, 0.3) is 22.4 Å². The first-order valence-corrected chi connectivity index (χ1v) is 11.3. The van der Waals surface area contributed by atoms with Crippen molar-refractivity contribution < 1.29 is 17.2 Å². The van der Waals surface area contributed by atoms with E-state index in [1.54, 1.807) is 26.0 Å². The van der Waals surface area contributed by atoms with E-state index in [1.807, 2.05) is 0 Å². The van der Waals surface area contributed by atoms with E-state index in [4.69, 9.17) is 0 Å². The smallest absolute Gasteiger partial charge is 0.232 e. The van der Waals surface area contributed by atoms with Gasteiger partial charge in [-0.25, -0.2) is 37.1 Å². The number of nitrogens with one attached hydrogen (secondary N) is 3. The molecule has 32 heavy (non-hydrogen) atoms. The summed E-state index contributed by atoms with van der Waals surface area (Å²) in [6.45, 7) is 3.45. The summed E-state index contributed by atoms with van der Waals surface area (Å²) in [6.07, 6.45) is 3.13. The fourth-order valence-electron chi connectivity index (χ4n) is 3.20. The number of H-pyrrole nitrogens is 1. The Morgan fingerprint density at radius 1 is 1.12 bits per heavy atom. The summed E-state index contributed by atoms with van der Waals surface area (Å²) in [5.41, 5.74) is 0.947. The van der Waals surface area contributed by atoms with E-state index in [2.05, 4.69) is 35.0 Å². The maximum atomic E-state index is 15.1. The summed E-state index contributed by atoms with van der Waals surface area (Å²) < 4.78 is 55.9. The molecule has 4 rings (SSSR count). The molecule has 3 heterocycles. The van der Waals surface area contributed by atoms with Crippen LogP contribution in [-0.4, -0.2) is 39.1 Å². The standard InChI is InChI=1S/C20H19F2N7O2S/c1-3-9-32(30,31)29-14-7-6-13(21)17(15(14)22)28-19-12(5-4-8-23-19)16-18-20(25-10-24-16)27-11(2)26-18/h4-8,10,29H,3,9H2,1-2H3,(H,23,28)(H,24,25,26,27). The molecule has 0 spiro atoms. The highest BCUT2D eigenvalue weighted by Crippen LogP contribution is 2.34. The Hall–Kier alpha value is -3.67. The van der Waals surface area contributed by atoms with Crippen LogP contribution in [-0.2, 0) is 10.0 Å². The second-order valence-electron chi connectivity index (χ2n) is 6.97. The van der Waals surface area contributed by atoms with E-state index < -0.39 is 27.3 Å². The van der Waals surface area contributed by atoms with Gasteiger partial charge in [0.15, 0.2) is 11.5 Å². The van der Waals surface area contributed by atoms with E-state index in [-0.39, 0.29) is 17.3 Å². The molecule has 12 heteroatoms. The largest absolute Gasteiger partial charge is 0.339 e. The average molecular weight is 459 g/mol. The number of sulfonamides is 1. The van der Waals surface area contributed by atoms with Crippen LogP contribution < -0.4 is 10.0 Å². The van der Waals surface area contributed by atoms with Crippen molar-refractivity contribution in [3.05, 3.63) is 54.2 Å². The van der Waals surface area contributed by atoms with E-state index in [0.717, 1.165) is 12.1 Å². The Labute approximate surface area is 182 Å². The number of hydrogen-bond acceptors (Lipinski definition) is 7. The molecule has 3 aromatic heterocycles. The number of anilines is 3. The lowest BCUT2D eigenvalue weighted by Gasteiger charge is -2.15. The predicted molar refractivity (Wildman–Crippen MR) is 117 cm³/mol. The summed E-state index contributed by atoms with van der Waals surface area (Å²) in [6, 6.07) is 5.33. The van der Waals surface area contributed by atoms with E-state index in [0.29, 0.717) is 34.7 Å². The van der Waals surface area contributed by atoms with Gasteiger partial charge in [-0.15, -0.1) is 0 Å². The molecule has 0 amide bonds. The lowest BCUT2D eigenvalue weighted by atomic mass is 10.1. The van der Waals surface area contributed by atoms with Crippen molar-refractivity contribution in [3.63, 3.8) is 0 Å². The molecule has 0 aliphatic carbocycles. The first kappa shape index (κ1) is 21.6. The van der Waals surface area contributed by atoms with Crippen LogP contribution in [0.3, 0.4) is 0 Å². The Kier molecular flexibility index (Phi) is 5.70. The molecule has 9 nitrogen and oxygen atoms in total.